The number of hydrogen-bond donors (Lipinski definition) is 2. The van der Waals surface area contributed by atoms with Crippen LogP contribution in [-0.4, -0.2) is 50.4 Å². The number of nitrogens with one attached hydrogen (secondary N) is 2. The summed E-state index contributed by atoms with van der Waals surface area (Å²) in [5.74, 6) is 1.08. The molecule has 3 aliphatic rings. The number of ether oxygens (including phenoxy) is 1. The molecule has 0 spiro atoms. The number of fused-ring (bicyclic) bond motifs is 6. The van der Waals surface area contributed by atoms with Gasteiger partial charge in [0.15, 0.2) is 0 Å². The molecule has 0 fully saturated rings. The number of rotatable bonds is 4. The molecule has 0 radical (unpaired) electrons. The molecule has 1 aliphatic carbocycles. The lowest BCUT2D eigenvalue weighted by molar-refractivity contribution is 0.0940. The molecule has 1 atom stereocenters. The summed E-state index contributed by atoms with van der Waals surface area (Å²) < 4.78 is 6.44. The van der Waals surface area contributed by atoms with Crippen LogP contribution in [0.4, 0.5) is 0 Å². The highest BCUT2D eigenvalue weighted by Gasteiger charge is 2.35. The fraction of sp³-hybridized carbons (Fsp3) is 0.407. The van der Waals surface area contributed by atoms with Gasteiger partial charge in [-0.05, 0) is 54.6 Å². The molecular weight excluding hydrogens is 476 g/mol. The molecular formula is C27H29ClN6O2. The molecule has 3 aromatic rings. The van der Waals surface area contributed by atoms with Crippen molar-refractivity contribution in [1.82, 2.24) is 30.2 Å². The van der Waals surface area contributed by atoms with Crippen LogP contribution in [-0.2, 0) is 25.8 Å². The summed E-state index contributed by atoms with van der Waals surface area (Å²) in [6, 6.07) is 0. The highest BCUT2D eigenvalue weighted by Crippen LogP contribution is 2.45. The van der Waals surface area contributed by atoms with E-state index >= 15 is 0 Å². The lowest BCUT2D eigenvalue weighted by atomic mass is 9.84. The quantitative estimate of drug-likeness (QED) is 0.501. The summed E-state index contributed by atoms with van der Waals surface area (Å²) in [4.78, 5) is 32.4. The average Bonchev–Trinajstić information content (AvgIpc) is 3.27. The lowest BCUT2D eigenvalue weighted by Gasteiger charge is -2.28. The van der Waals surface area contributed by atoms with Crippen molar-refractivity contribution in [3.63, 3.8) is 0 Å². The SMILES string of the molecule is C=C(C)c1c(Oc2nc(Cl)nc3c2CN(CC)CC3)ncc2c1-c1[nH]c3c(c1CC2)C(=O)NCC3C. The first-order chi connectivity index (χ1) is 17.4. The van der Waals surface area contributed by atoms with Crippen LogP contribution in [0, 0.1) is 0 Å². The van der Waals surface area contributed by atoms with Gasteiger partial charge in [-0.15, -0.1) is 0 Å². The molecule has 1 amide bonds. The van der Waals surface area contributed by atoms with Crippen LogP contribution >= 0.6 is 11.6 Å². The molecule has 9 heteroatoms. The van der Waals surface area contributed by atoms with Crippen molar-refractivity contribution in [2.45, 2.75) is 52.5 Å². The molecule has 2 N–H and O–H groups in total. The highest BCUT2D eigenvalue weighted by atomic mass is 35.5. The summed E-state index contributed by atoms with van der Waals surface area (Å²) >= 11 is 6.29. The summed E-state index contributed by atoms with van der Waals surface area (Å²) in [6.07, 6.45) is 4.25. The van der Waals surface area contributed by atoms with Crippen molar-refractivity contribution in [2.24, 2.45) is 0 Å². The van der Waals surface area contributed by atoms with E-state index in [1.807, 2.05) is 13.1 Å². The number of carbonyl (C=O) groups is 1. The van der Waals surface area contributed by atoms with Gasteiger partial charge in [0.2, 0.25) is 17.0 Å². The van der Waals surface area contributed by atoms with E-state index < -0.39 is 0 Å². The Kier molecular flexibility index (Phi) is 5.61. The topological polar surface area (TPSA) is 96.0 Å². The first kappa shape index (κ1) is 23.2. The Balaban J connectivity index is 1.50. The smallest absolute Gasteiger partial charge is 0.253 e. The third-order valence-electron chi connectivity index (χ3n) is 7.58. The van der Waals surface area contributed by atoms with Gasteiger partial charge in [0.1, 0.15) is 0 Å². The van der Waals surface area contributed by atoms with E-state index in [1.54, 1.807) is 0 Å². The molecule has 36 heavy (non-hydrogen) atoms. The van der Waals surface area contributed by atoms with E-state index in [0.717, 1.165) is 88.4 Å². The van der Waals surface area contributed by atoms with E-state index in [1.165, 1.54) is 0 Å². The predicted molar refractivity (Wildman–Crippen MR) is 139 cm³/mol. The number of aromatic nitrogens is 4. The number of H-pyrrole nitrogens is 1. The van der Waals surface area contributed by atoms with Gasteiger partial charge in [-0.1, -0.05) is 20.4 Å². The number of aromatic amines is 1. The van der Waals surface area contributed by atoms with Crippen LogP contribution in [0.5, 0.6) is 11.8 Å². The van der Waals surface area contributed by atoms with E-state index in [0.29, 0.717) is 24.8 Å². The molecule has 0 bridgehead atoms. The van der Waals surface area contributed by atoms with Gasteiger partial charge < -0.3 is 15.0 Å². The van der Waals surface area contributed by atoms with Gasteiger partial charge in [0, 0.05) is 55.0 Å². The first-order valence-corrected chi connectivity index (χ1v) is 12.9. The van der Waals surface area contributed by atoms with E-state index in [2.05, 4.69) is 45.6 Å². The molecule has 0 saturated carbocycles. The number of aryl methyl sites for hydroxylation is 1. The van der Waals surface area contributed by atoms with Gasteiger partial charge in [-0.2, -0.15) is 4.98 Å². The number of nitrogens with zero attached hydrogens (tertiary/aromatic N) is 4. The zero-order valence-electron chi connectivity index (χ0n) is 20.8. The van der Waals surface area contributed by atoms with Crippen LogP contribution in [0.25, 0.3) is 16.8 Å². The Morgan fingerprint density at radius 2 is 2.06 bits per heavy atom. The maximum absolute atomic E-state index is 12.8. The number of halogens is 1. The first-order valence-electron chi connectivity index (χ1n) is 12.5. The summed E-state index contributed by atoms with van der Waals surface area (Å²) in [6.45, 7) is 13.7. The molecule has 5 heterocycles. The fourth-order valence-electron chi connectivity index (χ4n) is 5.69. The van der Waals surface area contributed by atoms with Crippen LogP contribution in [0.1, 0.15) is 70.7 Å². The minimum absolute atomic E-state index is 0.00538. The van der Waals surface area contributed by atoms with Crippen molar-refractivity contribution in [3.8, 4) is 23.0 Å². The standard InChI is InChI=1S/C27H29ClN6O2/c1-5-34-9-8-18-17(12-34)25(33-27(28)31-18)36-26-19(13(2)3)20-15(11-30-26)6-7-16-21-22(32-23(16)20)14(4)10-29-24(21)35/h11,14,32H,2,5-10,12H2,1,3-4H3,(H,29,35). The fourth-order valence-corrected chi connectivity index (χ4v) is 5.87. The predicted octanol–water partition coefficient (Wildman–Crippen LogP) is 4.67. The van der Waals surface area contributed by atoms with Crippen molar-refractivity contribution in [2.75, 3.05) is 19.6 Å². The Hall–Kier alpha value is -3.23. The maximum atomic E-state index is 12.8. The van der Waals surface area contributed by atoms with Crippen molar-refractivity contribution in [3.05, 3.63) is 57.3 Å². The Morgan fingerprint density at radius 1 is 1.22 bits per heavy atom. The number of amides is 1. The van der Waals surface area contributed by atoms with E-state index in [4.69, 9.17) is 21.3 Å². The molecule has 186 valence electrons. The van der Waals surface area contributed by atoms with Gasteiger partial charge in [0.25, 0.3) is 5.91 Å². The van der Waals surface area contributed by atoms with Gasteiger partial charge in [-0.3, -0.25) is 9.69 Å². The third-order valence-corrected chi connectivity index (χ3v) is 7.75. The zero-order chi connectivity index (χ0) is 25.1. The molecule has 8 nitrogen and oxygen atoms in total. The molecule has 2 aliphatic heterocycles. The van der Waals surface area contributed by atoms with Crippen molar-refractivity contribution >= 4 is 23.1 Å². The highest BCUT2D eigenvalue weighted by molar-refractivity contribution is 6.28. The number of likely N-dealkylation sites (N-methyl/N-ethyl adjacent to an activating group) is 1. The molecule has 0 aromatic carbocycles. The molecule has 6 rings (SSSR count). The number of carbonyl (C=O) groups excluding carboxylic acids is 1. The van der Waals surface area contributed by atoms with Gasteiger partial charge in [-0.25, -0.2) is 9.97 Å². The Bertz CT molecular complexity index is 1430. The molecule has 0 saturated heterocycles. The van der Waals surface area contributed by atoms with Crippen molar-refractivity contribution in [1.29, 1.82) is 0 Å². The van der Waals surface area contributed by atoms with Crippen LogP contribution in [0.3, 0.4) is 0 Å². The second kappa shape index (κ2) is 8.71. The molecule has 1 unspecified atom stereocenters. The second-order valence-corrected chi connectivity index (χ2v) is 10.3. The summed E-state index contributed by atoms with van der Waals surface area (Å²) in [7, 11) is 0. The van der Waals surface area contributed by atoms with Crippen LogP contribution < -0.4 is 10.1 Å². The van der Waals surface area contributed by atoms with Crippen molar-refractivity contribution < 1.29 is 9.53 Å². The lowest BCUT2D eigenvalue weighted by Crippen LogP contribution is -2.34. The van der Waals surface area contributed by atoms with Gasteiger partial charge in [0.05, 0.1) is 22.5 Å². The number of pyridine rings is 1. The summed E-state index contributed by atoms with van der Waals surface area (Å²) in [5, 5.41) is 3.20. The number of hydrogen-bond acceptors (Lipinski definition) is 6. The minimum atomic E-state index is -0.00538. The normalized spacial score (nSPS) is 18.6. The Labute approximate surface area is 215 Å². The van der Waals surface area contributed by atoms with Crippen LogP contribution in [0.2, 0.25) is 5.28 Å². The van der Waals surface area contributed by atoms with Gasteiger partial charge >= 0.3 is 0 Å². The summed E-state index contributed by atoms with van der Waals surface area (Å²) in [5.41, 5.74) is 9.45. The average molecular weight is 505 g/mol. The van der Waals surface area contributed by atoms with Crippen LogP contribution in [0.15, 0.2) is 12.8 Å². The van der Waals surface area contributed by atoms with E-state index in [9.17, 15) is 4.79 Å². The second-order valence-electron chi connectivity index (χ2n) is 9.94. The monoisotopic (exact) mass is 504 g/mol. The molecule has 3 aromatic heterocycles. The van der Waals surface area contributed by atoms with E-state index in [-0.39, 0.29) is 17.1 Å². The zero-order valence-corrected chi connectivity index (χ0v) is 21.6. The maximum Gasteiger partial charge on any atom is 0.253 e. The number of allylic oxidation sites excluding steroid dienone is 1. The minimum Gasteiger partial charge on any atom is -0.420 e. The Morgan fingerprint density at radius 3 is 2.83 bits per heavy atom. The third kappa shape index (κ3) is 3.62. The largest absolute Gasteiger partial charge is 0.420 e.